The molecule has 1 atom stereocenters. The fraction of sp³-hybridized carbons (Fsp3) is 0.450. The lowest BCUT2D eigenvalue weighted by Gasteiger charge is -2.36. The van der Waals surface area contributed by atoms with Crippen molar-refractivity contribution in [1.82, 2.24) is 10.3 Å². The van der Waals surface area contributed by atoms with Crippen LogP contribution in [0.1, 0.15) is 37.7 Å². The van der Waals surface area contributed by atoms with Gasteiger partial charge >= 0.3 is 0 Å². The van der Waals surface area contributed by atoms with Gasteiger partial charge < -0.3 is 15.5 Å². The third-order valence-corrected chi connectivity index (χ3v) is 9.69. The number of benzene rings is 1. The number of nitrogens with two attached hydrogens (primary N) is 1. The molecule has 3 N–H and O–H groups in total. The Balaban J connectivity index is 2.02. The molecule has 0 aliphatic carbocycles. The molecular formula is C20H29N3O3Si. The highest BCUT2D eigenvalue weighted by Gasteiger charge is 2.37. The van der Waals surface area contributed by atoms with Crippen molar-refractivity contribution in [3.63, 3.8) is 0 Å². The monoisotopic (exact) mass is 387 g/mol. The Kier molecular flexibility index (Phi) is 6.38. The Bertz CT molecular complexity index is 831. The van der Waals surface area contributed by atoms with Crippen molar-refractivity contribution in [3.8, 4) is 0 Å². The lowest BCUT2D eigenvalue weighted by Crippen LogP contribution is -2.47. The zero-order valence-corrected chi connectivity index (χ0v) is 17.7. The summed E-state index contributed by atoms with van der Waals surface area (Å²) in [5.41, 5.74) is 6.45. The van der Waals surface area contributed by atoms with Gasteiger partial charge in [0, 0.05) is 12.0 Å². The highest BCUT2D eigenvalue weighted by atomic mass is 28.4. The van der Waals surface area contributed by atoms with E-state index in [1.54, 1.807) is 6.07 Å². The summed E-state index contributed by atoms with van der Waals surface area (Å²) < 4.78 is 6.08. The highest BCUT2D eigenvalue weighted by Crippen LogP contribution is 2.36. The number of fused-ring (bicyclic) bond motifs is 1. The molecule has 7 heteroatoms. The van der Waals surface area contributed by atoms with Gasteiger partial charge in [-0.25, -0.2) is 4.98 Å². The van der Waals surface area contributed by atoms with Crippen LogP contribution < -0.4 is 11.1 Å². The minimum atomic E-state index is -1.92. The molecule has 0 radical (unpaired) electrons. The van der Waals surface area contributed by atoms with Gasteiger partial charge in [0.1, 0.15) is 11.7 Å². The molecule has 1 aromatic carbocycles. The van der Waals surface area contributed by atoms with E-state index in [1.807, 2.05) is 30.3 Å². The first-order chi connectivity index (χ1) is 12.5. The summed E-state index contributed by atoms with van der Waals surface area (Å²) >= 11 is 0. The summed E-state index contributed by atoms with van der Waals surface area (Å²) in [6.07, 6.45) is 0.334. The second kappa shape index (κ2) is 8.18. The van der Waals surface area contributed by atoms with E-state index in [4.69, 9.17) is 10.2 Å². The molecule has 0 spiro atoms. The maximum Gasteiger partial charge on any atom is 0.270 e. The maximum absolute atomic E-state index is 12.5. The lowest BCUT2D eigenvalue weighted by atomic mass is 10.1. The molecule has 0 saturated heterocycles. The van der Waals surface area contributed by atoms with E-state index in [1.165, 1.54) is 0 Å². The molecule has 2 rings (SSSR count). The Labute approximate surface area is 161 Å². The second-order valence-corrected chi connectivity index (χ2v) is 13.0. The van der Waals surface area contributed by atoms with Crippen molar-refractivity contribution >= 4 is 31.0 Å². The number of aromatic nitrogens is 1. The van der Waals surface area contributed by atoms with Crippen molar-refractivity contribution in [1.29, 1.82) is 0 Å². The van der Waals surface area contributed by atoms with Crippen molar-refractivity contribution < 1.29 is 14.0 Å². The van der Waals surface area contributed by atoms with E-state index in [0.29, 0.717) is 13.0 Å². The van der Waals surface area contributed by atoms with Gasteiger partial charge in [0.05, 0.1) is 5.52 Å². The van der Waals surface area contributed by atoms with E-state index < -0.39 is 26.2 Å². The highest BCUT2D eigenvalue weighted by molar-refractivity contribution is 6.74. The van der Waals surface area contributed by atoms with Crippen molar-refractivity contribution in [2.75, 3.05) is 6.61 Å². The molecule has 27 heavy (non-hydrogen) atoms. The van der Waals surface area contributed by atoms with Gasteiger partial charge in [-0.2, -0.15) is 0 Å². The van der Waals surface area contributed by atoms with Crippen LogP contribution in [0.5, 0.6) is 0 Å². The topological polar surface area (TPSA) is 94.3 Å². The molecule has 2 amide bonds. The molecule has 0 bridgehead atoms. The lowest BCUT2D eigenvalue weighted by molar-refractivity contribution is -0.120. The van der Waals surface area contributed by atoms with Crippen LogP contribution in [0.25, 0.3) is 10.9 Å². The summed E-state index contributed by atoms with van der Waals surface area (Å²) in [4.78, 5) is 28.6. The van der Waals surface area contributed by atoms with E-state index in [0.717, 1.165) is 10.9 Å². The minimum Gasteiger partial charge on any atom is -0.417 e. The summed E-state index contributed by atoms with van der Waals surface area (Å²) in [6, 6.07) is 10.2. The van der Waals surface area contributed by atoms with Crippen LogP contribution in [0.2, 0.25) is 18.1 Å². The number of primary amides is 1. The van der Waals surface area contributed by atoms with Crippen molar-refractivity contribution in [3.05, 3.63) is 42.1 Å². The molecule has 0 aliphatic heterocycles. The molecule has 6 nitrogen and oxygen atoms in total. The predicted octanol–water partition coefficient (Wildman–Crippen LogP) is 3.23. The van der Waals surface area contributed by atoms with Gasteiger partial charge in [-0.05, 0) is 36.7 Å². The normalized spacial score (nSPS) is 13.4. The number of carbonyl (C=O) groups is 2. The fourth-order valence-electron chi connectivity index (χ4n) is 2.36. The summed E-state index contributed by atoms with van der Waals surface area (Å²) in [5, 5.41) is 3.71. The first-order valence-corrected chi connectivity index (χ1v) is 12.0. The van der Waals surface area contributed by atoms with Gasteiger partial charge in [0.15, 0.2) is 8.32 Å². The average Bonchev–Trinajstić information content (AvgIpc) is 2.59. The summed E-state index contributed by atoms with van der Waals surface area (Å²) in [6.45, 7) is 11.1. The van der Waals surface area contributed by atoms with E-state index >= 15 is 0 Å². The van der Waals surface area contributed by atoms with Gasteiger partial charge in [0.2, 0.25) is 5.91 Å². The van der Waals surface area contributed by atoms with Crippen LogP contribution in [-0.2, 0) is 9.22 Å². The quantitative estimate of drug-likeness (QED) is 0.713. The number of pyridine rings is 1. The number of nitrogens with one attached hydrogen (secondary N) is 1. The molecule has 0 saturated carbocycles. The third kappa shape index (κ3) is 5.37. The SMILES string of the molecule is CC(C)(C)[Si](C)(C)OCC[C@@H](NC(=O)c1ccc2ccccc2n1)C(N)=O. The van der Waals surface area contributed by atoms with Gasteiger partial charge in [0.25, 0.3) is 5.91 Å². The Hall–Kier alpha value is -2.25. The second-order valence-electron chi connectivity index (χ2n) is 8.22. The third-order valence-electron chi connectivity index (χ3n) is 5.16. The van der Waals surface area contributed by atoms with Crippen molar-refractivity contribution in [2.24, 2.45) is 5.73 Å². The number of amides is 2. The van der Waals surface area contributed by atoms with E-state index in [2.05, 4.69) is 44.2 Å². The number of hydrogen-bond donors (Lipinski definition) is 2. The smallest absolute Gasteiger partial charge is 0.270 e. The van der Waals surface area contributed by atoms with Gasteiger partial charge in [-0.1, -0.05) is 45.0 Å². The predicted molar refractivity (Wildman–Crippen MR) is 110 cm³/mol. The molecule has 0 fully saturated rings. The first-order valence-electron chi connectivity index (χ1n) is 9.11. The minimum absolute atomic E-state index is 0.0769. The zero-order chi connectivity index (χ0) is 20.2. The molecular weight excluding hydrogens is 358 g/mol. The Morgan fingerprint density at radius 3 is 2.48 bits per heavy atom. The van der Waals surface area contributed by atoms with E-state index in [-0.39, 0.29) is 10.7 Å². The van der Waals surface area contributed by atoms with Crippen LogP contribution in [0.4, 0.5) is 0 Å². The molecule has 146 valence electrons. The van der Waals surface area contributed by atoms with Crippen LogP contribution in [-0.4, -0.2) is 37.8 Å². The number of nitrogens with zero attached hydrogens (tertiary/aromatic N) is 1. The standard InChI is InChI=1S/C20H29N3O3Si/c1-20(2,3)27(4,5)26-13-12-16(18(21)24)23-19(25)17-11-10-14-8-6-7-9-15(14)22-17/h6-11,16H,12-13H2,1-5H3,(H2,21,24)(H,23,25)/t16-/m1/s1. The van der Waals surface area contributed by atoms with Crippen LogP contribution in [0, 0.1) is 0 Å². The fourth-order valence-corrected chi connectivity index (χ4v) is 3.42. The Morgan fingerprint density at radius 2 is 1.85 bits per heavy atom. The number of rotatable bonds is 7. The summed E-state index contributed by atoms with van der Waals surface area (Å²) in [5.74, 6) is -1.00. The van der Waals surface area contributed by atoms with Crippen LogP contribution in [0.3, 0.4) is 0 Å². The average molecular weight is 388 g/mol. The van der Waals surface area contributed by atoms with Gasteiger partial charge in [-0.3, -0.25) is 9.59 Å². The molecule has 1 heterocycles. The Morgan fingerprint density at radius 1 is 1.19 bits per heavy atom. The number of para-hydroxylation sites is 1. The van der Waals surface area contributed by atoms with Crippen molar-refractivity contribution in [2.45, 2.75) is 51.4 Å². The maximum atomic E-state index is 12.5. The number of carbonyl (C=O) groups excluding carboxylic acids is 2. The van der Waals surface area contributed by atoms with E-state index in [9.17, 15) is 9.59 Å². The summed E-state index contributed by atoms with van der Waals surface area (Å²) in [7, 11) is -1.92. The zero-order valence-electron chi connectivity index (χ0n) is 16.7. The molecule has 2 aromatic rings. The first kappa shape index (κ1) is 21.1. The molecule has 1 aromatic heterocycles. The van der Waals surface area contributed by atoms with Crippen LogP contribution >= 0.6 is 0 Å². The van der Waals surface area contributed by atoms with Crippen LogP contribution in [0.15, 0.2) is 36.4 Å². The largest absolute Gasteiger partial charge is 0.417 e. The molecule has 0 aliphatic rings. The molecule has 0 unspecified atom stereocenters. The van der Waals surface area contributed by atoms with Gasteiger partial charge in [-0.15, -0.1) is 0 Å². The number of hydrogen-bond acceptors (Lipinski definition) is 4.